The summed E-state index contributed by atoms with van der Waals surface area (Å²) in [6.07, 6.45) is 3.70. The first-order chi connectivity index (χ1) is 20.1. The zero-order chi connectivity index (χ0) is 30.3. The van der Waals surface area contributed by atoms with E-state index < -0.39 is 34.3 Å². The Hall–Kier alpha value is -4.12. The predicted molar refractivity (Wildman–Crippen MR) is 157 cm³/mol. The number of carbonyl (C=O) groups excluding carboxylic acids is 2. The van der Waals surface area contributed by atoms with Gasteiger partial charge in [0.1, 0.15) is 29.9 Å². The van der Waals surface area contributed by atoms with Crippen LogP contribution in [0.25, 0.3) is 0 Å². The van der Waals surface area contributed by atoms with Gasteiger partial charge in [-0.2, -0.15) is 0 Å². The number of rotatable bonds is 12. The highest BCUT2D eigenvalue weighted by molar-refractivity contribution is 7.92. The fraction of sp³-hybridized carbons (Fsp3) is 0.355. The molecule has 224 valence electrons. The number of carbonyl (C=O) groups is 2. The van der Waals surface area contributed by atoms with Crippen molar-refractivity contribution in [2.75, 3.05) is 25.1 Å². The van der Waals surface area contributed by atoms with E-state index in [2.05, 4.69) is 5.32 Å². The van der Waals surface area contributed by atoms with Gasteiger partial charge in [0.2, 0.25) is 11.8 Å². The van der Waals surface area contributed by atoms with Crippen LogP contribution in [0.5, 0.6) is 11.5 Å². The molecule has 0 aliphatic heterocycles. The smallest absolute Gasteiger partial charge is 0.264 e. The third-order valence-corrected chi connectivity index (χ3v) is 9.21. The second-order valence-electron chi connectivity index (χ2n) is 10.1. The second kappa shape index (κ2) is 13.7. The van der Waals surface area contributed by atoms with Gasteiger partial charge in [-0.05, 0) is 50.1 Å². The van der Waals surface area contributed by atoms with E-state index in [0.717, 1.165) is 30.0 Å². The maximum atomic E-state index is 14.8. The first-order valence-electron chi connectivity index (χ1n) is 13.8. The minimum Gasteiger partial charge on any atom is -0.497 e. The Labute approximate surface area is 246 Å². The largest absolute Gasteiger partial charge is 0.497 e. The Morgan fingerprint density at radius 2 is 1.64 bits per heavy atom. The minimum absolute atomic E-state index is 0.00126. The number of sulfonamides is 1. The second-order valence-corrected chi connectivity index (χ2v) is 12.0. The lowest BCUT2D eigenvalue weighted by Crippen LogP contribution is -2.52. The predicted octanol–water partition coefficient (Wildman–Crippen LogP) is 4.51. The van der Waals surface area contributed by atoms with E-state index in [0.29, 0.717) is 5.75 Å². The molecule has 1 aliphatic carbocycles. The van der Waals surface area contributed by atoms with Crippen LogP contribution < -0.4 is 19.1 Å². The van der Waals surface area contributed by atoms with E-state index >= 15 is 0 Å². The molecule has 1 atom stereocenters. The average molecular weight is 598 g/mol. The summed E-state index contributed by atoms with van der Waals surface area (Å²) in [4.78, 5) is 28.6. The van der Waals surface area contributed by atoms with Crippen LogP contribution in [0.2, 0.25) is 0 Å². The van der Waals surface area contributed by atoms with Crippen molar-refractivity contribution in [1.82, 2.24) is 10.2 Å². The number of ether oxygens (including phenoxy) is 2. The number of nitrogens with one attached hydrogen (secondary N) is 1. The number of methoxy groups -OCH3 is 2. The van der Waals surface area contributed by atoms with E-state index in [1.165, 1.54) is 55.5 Å². The maximum absolute atomic E-state index is 14.8. The zero-order valence-corrected chi connectivity index (χ0v) is 24.8. The number of amides is 2. The van der Waals surface area contributed by atoms with E-state index in [-0.39, 0.29) is 40.4 Å². The molecule has 1 N–H and O–H groups in total. The fourth-order valence-corrected chi connectivity index (χ4v) is 6.45. The highest BCUT2D eigenvalue weighted by atomic mass is 32.2. The first kappa shape index (κ1) is 30.8. The topological polar surface area (TPSA) is 105 Å². The lowest BCUT2D eigenvalue weighted by Gasteiger charge is -2.33. The van der Waals surface area contributed by atoms with Crippen LogP contribution in [0.3, 0.4) is 0 Å². The third kappa shape index (κ3) is 7.02. The number of halogens is 1. The van der Waals surface area contributed by atoms with Crippen LogP contribution >= 0.6 is 0 Å². The van der Waals surface area contributed by atoms with Crippen molar-refractivity contribution >= 4 is 27.5 Å². The summed E-state index contributed by atoms with van der Waals surface area (Å²) in [5.41, 5.74) is 0.269. The molecule has 11 heteroatoms. The molecule has 1 fully saturated rings. The number of benzene rings is 3. The molecule has 2 amide bonds. The molecular weight excluding hydrogens is 561 g/mol. The monoisotopic (exact) mass is 597 g/mol. The summed E-state index contributed by atoms with van der Waals surface area (Å²) in [5.74, 6) is -1.09. The van der Waals surface area contributed by atoms with Crippen molar-refractivity contribution < 1.29 is 31.9 Å². The van der Waals surface area contributed by atoms with Gasteiger partial charge < -0.3 is 19.7 Å². The van der Waals surface area contributed by atoms with Gasteiger partial charge >= 0.3 is 0 Å². The highest BCUT2D eigenvalue weighted by Crippen LogP contribution is 2.36. The summed E-state index contributed by atoms with van der Waals surface area (Å²) in [6, 6.07) is 17.3. The normalized spacial score (nSPS) is 14.2. The molecule has 0 aromatic heterocycles. The maximum Gasteiger partial charge on any atom is 0.264 e. The highest BCUT2D eigenvalue weighted by Gasteiger charge is 2.35. The Balaban J connectivity index is 1.75. The molecule has 42 heavy (non-hydrogen) atoms. The first-order valence-corrected chi connectivity index (χ1v) is 15.2. The number of hydrogen-bond donors (Lipinski definition) is 1. The molecular formula is C31H36FN3O6S. The molecule has 1 saturated carbocycles. The van der Waals surface area contributed by atoms with Crippen molar-refractivity contribution in [3.05, 3.63) is 84.2 Å². The third-order valence-electron chi connectivity index (χ3n) is 7.43. The average Bonchev–Trinajstić information content (AvgIpc) is 3.52. The lowest BCUT2D eigenvalue weighted by molar-refractivity contribution is -0.139. The molecule has 4 rings (SSSR count). The molecule has 9 nitrogen and oxygen atoms in total. The Bertz CT molecular complexity index is 1500. The molecule has 1 aliphatic rings. The van der Waals surface area contributed by atoms with Gasteiger partial charge in [-0.3, -0.25) is 13.9 Å². The van der Waals surface area contributed by atoms with Crippen molar-refractivity contribution in [2.24, 2.45) is 0 Å². The van der Waals surface area contributed by atoms with Crippen molar-refractivity contribution in [1.29, 1.82) is 0 Å². The van der Waals surface area contributed by atoms with Crippen molar-refractivity contribution in [2.45, 2.75) is 56.1 Å². The van der Waals surface area contributed by atoms with Crippen LogP contribution in [-0.2, 0) is 26.2 Å². The van der Waals surface area contributed by atoms with Crippen LogP contribution in [0, 0.1) is 5.82 Å². The van der Waals surface area contributed by atoms with Gasteiger partial charge in [0.05, 0.1) is 24.8 Å². The fourth-order valence-electron chi connectivity index (χ4n) is 5.01. The van der Waals surface area contributed by atoms with Crippen LogP contribution in [0.1, 0.15) is 38.2 Å². The van der Waals surface area contributed by atoms with Crippen molar-refractivity contribution in [3.63, 3.8) is 0 Å². The van der Waals surface area contributed by atoms with E-state index in [4.69, 9.17) is 9.47 Å². The van der Waals surface area contributed by atoms with Crippen molar-refractivity contribution in [3.8, 4) is 11.5 Å². The Morgan fingerprint density at radius 3 is 2.29 bits per heavy atom. The Morgan fingerprint density at radius 1 is 0.976 bits per heavy atom. The van der Waals surface area contributed by atoms with Crippen LogP contribution in [-0.4, -0.2) is 58.0 Å². The zero-order valence-electron chi connectivity index (χ0n) is 24.0. The Kier molecular flexibility index (Phi) is 10.1. The molecule has 0 heterocycles. The SMILES string of the molecule is COc1ccc(OC)c(N(CC(=O)N(Cc2ccccc2F)[C@H](C)C(=O)NC2CCCC2)S(=O)(=O)c2ccccc2)c1. The van der Waals surface area contributed by atoms with Crippen LogP contribution in [0.4, 0.5) is 10.1 Å². The molecule has 0 saturated heterocycles. The van der Waals surface area contributed by atoms with Gasteiger partial charge in [-0.15, -0.1) is 0 Å². The number of nitrogens with zero attached hydrogens (tertiary/aromatic N) is 2. The van der Waals surface area contributed by atoms with Gasteiger partial charge in [0.25, 0.3) is 10.0 Å². The molecule has 0 bridgehead atoms. The van der Waals surface area contributed by atoms with Crippen LogP contribution in [0.15, 0.2) is 77.7 Å². The summed E-state index contributed by atoms with van der Waals surface area (Å²) in [7, 11) is -1.48. The lowest BCUT2D eigenvalue weighted by atomic mass is 10.1. The summed E-state index contributed by atoms with van der Waals surface area (Å²) >= 11 is 0. The van der Waals surface area contributed by atoms with E-state index in [1.54, 1.807) is 43.3 Å². The van der Waals surface area contributed by atoms with Gasteiger partial charge in [-0.1, -0.05) is 49.2 Å². The van der Waals surface area contributed by atoms with Gasteiger partial charge in [0.15, 0.2) is 0 Å². The molecule has 0 unspecified atom stereocenters. The summed E-state index contributed by atoms with van der Waals surface area (Å²) < 4.78 is 54.5. The molecule has 3 aromatic rings. The number of hydrogen-bond acceptors (Lipinski definition) is 6. The summed E-state index contributed by atoms with van der Waals surface area (Å²) in [5, 5.41) is 2.99. The molecule has 3 aromatic carbocycles. The van der Waals surface area contributed by atoms with Gasteiger partial charge in [-0.25, -0.2) is 12.8 Å². The van der Waals surface area contributed by atoms with E-state index in [9.17, 15) is 22.4 Å². The van der Waals surface area contributed by atoms with Gasteiger partial charge in [0, 0.05) is 24.2 Å². The minimum atomic E-state index is -4.31. The standard InChI is InChI=1S/C31H36FN3O6S/c1-22(31(37)33-24-12-8-9-13-24)34(20-23-11-7-10-16-27(23)32)30(36)21-35(42(38,39)26-14-5-4-6-15-26)28-19-25(40-2)17-18-29(28)41-3/h4-7,10-11,14-19,22,24H,8-9,12-13,20-21H2,1-3H3,(H,33,37)/t22-/m1/s1. The number of anilines is 1. The summed E-state index contributed by atoms with van der Waals surface area (Å²) in [6.45, 7) is 0.640. The quantitative estimate of drug-likeness (QED) is 0.329. The molecule has 0 spiro atoms. The molecule has 0 radical (unpaired) electrons. The van der Waals surface area contributed by atoms with E-state index in [1.807, 2.05) is 0 Å².